The molecule has 130 valence electrons. The Morgan fingerprint density at radius 1 is 1.04 bits per heavy atom. The van der Waals surface area contributed by atoms with Gasteiger partial charge in [0.1, 0.15) is 11.5 Å². The van der Waals surface area contributed by atoms with Gasteiger partial charge < -0.3 is 9.84 Å². The summed E-state index contributed by atoms with van der Waals surface area (Å²) in [5, 5.41) is 12.0. The van der Waals surface area contributed by atoms with Crippen LogP contribution >= 0.6 is 0 Å². The Hall–Kier alpha value is -1.05. The van der Waals surface area contributed by atoms with E-state index in [1.54, 1.807) is 24.3 Å². The van der Waals surface area contributed by atoms with Gasteiger partial charge in [0, 0.05) is 5.56 Å². The van der Waals surface area contributed by atoms with Gasteiger partial charge in [0.25, 0.3) is 10.1 Å². The third-order valence-electron chi connectivity index (χ3n) is 3.69. The maximum Gasteiger partial charge on any atom is 1.00 e. The molecule has 7 heteroatoms. The molecule has 0 saturated carbocycles. The summed E-state index contributed by atoms with van der Waals surface area (Å²) in [6.45, 7) is 2.08. The maximum atomic E-state index is 12.0. The molecule has 0 saturated heterocycles. The summed E-state index contributed by atoms with van der Waals surface area (Å²) in [7, 11) is -4.61. The molecule has 0 bridgehead atoms. The molecule has 1 N–H and O–H groups in total. The largest absolute Gasteiger partial charge is 1.00 e. The van der Waals surface area contributed by atoms with Gasteiger partial charge in [0.15, 0.2) is 0 Å². The van der Waals surface area contributed by atoms with E-state index < -0.39 is 20.8 Å². The van der Waals surface area contributed by atoms with E-state index in [2.05, 4.69) is 6.92 Å². The zero-order valence-electron chi connectivity index (χ0n) is 14.6. The first-order valence-electron chi connectivity index (χ1n) is 7.96. The van der Waals surface area contributed by atoms with E-state index in [-0.39, 0.29) is 40.9 Å². The molecule has 0 spiro atoms. The summed E-state index contributed by atoms with van der Waals surface area (Å²) in [6.07, 6.45) is 4.04. The molecule has 0 aromatic heterocycles. The Morgan fingerprint density at radius 2 is 1.72 bits per heavy atom. The second-order valence-electron chi connectivity index (χ2n) is 5.57. The van der Waals surface area contributed by atoms with Crippen LogP contribution in [0.15, 0.2) is 47.4 Å². The minimum atomic E-state index is -4.61. The Kier molecular flexibility index (Phi) is 8.96. The van der Waals surface area contributed by atoms with Crippen molar-refractivity contribution in [2.75, 3.05) is 0 Å². The third-order valence-corrected chi connectivity index (χ3v) is 4.65. The molecule has 0 radical (unpaired) electrons. The van der Waals surface area contributed by atoms with E-state index in [1.807, 2.05) is 6.07 Å². The van der Waals surface area contributed by atoms with Crippen molar-refractivity contribution < 1.29 is 52.4 Å². The van der Waals surface area contributed by atoms with Gasteiger partial charge in [-0.15, -0.1) is 0 Å². The first-order chi connectivity index (χ1) is 11.4. The van der Waals surface area contributed by atoms with Crippen molar-refractivity contribution in [2.45, 2.75) is 43.9 Å². The molecule has 0 heterocycles. The molecule has 0 unspecified atom stereocenters. The number of hydrogen-bond acceptors (Lipinski definition) is 4. The van der Waals surface area contributed by atoms with Crippen LogP contribution in [-0.4, -0.2) is 13.0 Å². The quantitative estimate of drug-likeness (QED) is 0.423. The molecule has 2 aromatic rings. The Balaban J connectivity index is 0.00000312. The van der Waals surface area contributed by atoms with Crippen molar-refractivity contribution >= 4 is 10.1 Å². The van der Waals surface area contributed by atoms with Crippen molar-refractivity contribution in [3.63, 3.8) is 0 Å². The van der Waals surface area contributed by atoms with Gasteiger partial charge >= 0.3 is 29.6 Å². The van der Waals surface area contributed by atoms with Crippen LogP contribution in [-0.2, 0) is 16.5 Å². The normalized spacial score (nSPS) is 11.0. The Morgan fingerprint density at radius 3 is 2.32 bits per heavy atom. The summed E-state index contributed by atoms with van der Waals surface area (Å²) in [4.78, 5) is -0.576. The monoisotopic (exact) mass is 372 g/mol. The minimum Gasteiger partial charge on any atom is -0.872 e. The predicted octanol–water partition coefficient (Wildman–Crippen LogP) is 0.926. The molecular formula is C18H21NaO5S. The summed E-state index contributed by atoms with van der Waals surface area (Å²) in [5.74, 6) is 0.0978. The first-order valence-corrected chi connectivity index (χ1v) is 9.40. The Labute approximate surface area is 171 Å². The Bertz CT molecular complexity index is 776. The van der Waals surface area contributed by atoms with Crippen molar-refractivity contribution in [1.29, 1.82) is 0 Å². The van der Waals surface area contributed by atoms with Crippen LogP contribution < -0.4 is 39.4 Å². The number of benzene rings is 2. The summed E-state index contributed by atoms with van der Waals surface area (Å²) < 4.78 is 38.5. The van der Waals surface area contributed by atoms with Gasteiger partial charge in [0.05, 0.1) is 4.90 Å². The van der Waals surface area contributed by atoms with Crippen LogP contribution in [0.25, 0.3) is 0 Å². The topological polar surface area (TPSA) is 86.7 Å². The van der Waals surface area contributed by atoms with Gasteiger partial charge in [-0.05, 0) is 31.0 Å². The molecule has 0 aliphatic rings. The standard InChI is InChI=1S/C18H22O5S.Na/c1-2-3-4-8-11-15-17(23-14-9-6-5-7-10-14)13-12-16(19)18(15)24(20,21)22;/h5-7,9-10,12-13,19H,2-4,8,11H2,1H3,(H,20,21,22);/q;+1/p-1. The molecule has 0 fully saturated rings. The van der Waals surface area contributed by atoms with Crippen LogP contribution in [0.5, 0.6) is 17.2 Å². The van der Waals surface area contributed by atoms with Gasteiger partial charge in [-0.1, -0.05) is 56.2 Å². The van der Waals surface area contributed by atoms with E-state index >= 15 is 0 Å². The number of rotatable bonds is 8. The summed E-state index contributed by atoms with van der Waals surface area (Å²) in [6, 6.07) is 11.5. The molecule has 0 amide bonds. The van der Waals surface area contributed by atoms with Gasteiger partial charge in [-0.2, -0.15) is 8.42 Å². The van der Waals surface area contributed by atoms with Gasteiger partial charge in [-0.25, -0.2) is 0 Å². The first kappa shape index (κ1) is 22.0. The molecule has 0 aliphatic carbocycles. The average Bonchev–Trinajstić information content (AvgIpc) is 2.53. The third kappa shape index (κ3) is 6.31. The average molecular weight is 372 g/mol. The second kappa shape index (κ2) is 10.2. The number of ether oxygens (including phenoxy) is 1. The van der Waals surface area contributed by atoms with Crippen molar-refractivity contribution in [1.82, 2.24) is 0 Å². The fourth-order valence-electron chi connectivity index (χ4n) is 2.55. The minimum absolute atomic E-state index is 0. The fraction of sp³-hybridized carbons (Fsp3) is 0.333. The molecular weight excluding hydrogens is 351 g/mol. The number of para-hydroxylation sites is 1. The van der Waals surface area contributed by atoms with E-state index in [0.717, 1.165) is 25.3 Å². The van der Waals surface area contributed by atoms with Crippen LogP contribution in [0.3, 0.4) is 0 Å². The molecule has 0 aliphatic heterocycles. The van der Waals surface area contributed by atoms with Crippen molar-refractivity contribution in [2.24, 2.45) is 0 Å². The number of hydrogen-bond donors (Lipinski definition) is 1. The van der Waals surface area contributed by atoms with Crippen LogP contribution in [0.2, 0.25) is 0 Å². The molecule has 2 aromatic carbocycles. The SMILES string of the molecule is CCCCCCc1c(Oc2ccccc2)ccc([O-])c1S(=O)(=O)O.[Na+]. The van der Waals surface area contributed by atoms with Gasteiger partial charge in [0.2, 0.25) is 0 Å². The molecule has 25 heavy (non-hydrogen) atoms. The van der Waals surface area contributed by atoms with Crippen LogP contribution in [0.4, 0.5) is 0 Å². The summed E-state index contributed by atoms with van der Waals surface area (Å²) in [5.41, 5.74) is 0.241. The van der Waals surface area contributed by atoms with E-state index in [1.165, 1.54) is 6.07 Å². The molecule has 2 rings (SSSR count). The zero-order valence-corrected chi connectivity index (χ0v) is 17.4. The number of unbranched alkanes of at least 4 members (excludes halogenated alkanes) is 3. The van der Waals surface area contributed by atoms with E-state index in [4.69, 9.17) is 4.74 Å². The van der Waals surface area contributed by atoms with Gasteiger partial charge in [-0.3, -0.25) is 4.55 Å². The van der Waals surface area contributed by atoms with Crippen LogP contribution in [0.1, 0.15) is 38.2 Å². The maximum absolute atomic E-state index is 12.0. The van der Waals surface area contributed by atoms with Crippen molar-refractivity contribution in [3.05, 3.63) is 48.0 Å². The van der Waals surface area contributed by atoms with Crippen molar-refractivity contribution in [3.8, 4) is 17.2 Å². The molecule has 5 nitrogen and oxygen atoms in total. The smallest absolute Gasteiger partial charge is 0.872 e. The van der Waals surface area contributed by atoms with Crippen LogP contribution in [0, 0.1) is 0 Å². The van der Waals surface area contributed by atoms with E-state index in [9.17, 15) is 18.1 Å². The predicted molar refractivity (Wildman–Crippen MR) is 90.1 cm³/mol. The fourth-order valence-corrected chi connectivity index (χ4v) is 3.38. The zero-order chi connectivity index (χ0) is 17.6. The molecule has 0 atom stereocenters. The van der Waals surface area contributed by atoms with E-state index in [0.29, 0.717) is 18.6 Å². The summed E-state index contributed by atoms with van der Waals surface area (Å²) >= 11 is 0. The second-order valence-corrected chi connectivity index (χ2v) is 6.93.